The average molecular weight is 179 g/mol. The lowest BCUT2D eigenvalue weighted by Gasteiger charge is -2.11. The van der Waals surface area contributed by atoms with Crippen molar-refractivity contribution in [3.63, 3.8) is 0 Å². The third-order valence-electron chi connectivity index (χ3n) is 2.13. The fourth-order valence-electron chi connectivity index (χ4n) is 1.51. The average Bonchev–Trinajstić information content (AvgIpc) is 2.18. The number of nitrogens with one attached hydrogen (secondary N) is 1. The smallest absolute Gasteiger partial charge is 0.126 e. The zero-order valence-corrected chi connectivity index (χ0v) is 8.55. The van der Waals surface area contributed by atoms with Crippen LogP contribution >= 0.6 is 0 Å². The summed E-state index contributed by atoms with van der Waals surface area (Å²) in [6.45, 7) is 3.00. The van der Waals surface area contributed by atoms with Crippen molar-refractivity contribution in [3.05, 3.63) is 29.3 Å². The van der Waals surface area contributed by atoms with Crippen molar-refractivity contribution in [2.75, 3.05) is 14.2 Å². The molecule has 0 spiro atoms. The zero-order chi connectivity index (χ0) is 9.68. The van der Waals surface area contributed by atoms with Gasteiger partial charge in [-0.3, -0.25) is 0 Å². The highest BCUT2D eigenvalue weighted by Crippen LogP contribution is 2.23. The van der Waals surface area contributed by atoms with E-state index in [1.54, 1.807) is 7.11 Å². The summed E-state index contributed by atoms with van der Waals surface area (Å²) in [5, 5.41) is 3.13. The van der Waals surface area contributed by atoms with Gasteiger partial charge in [-0.05, 0) is 19.0 Å². The van der Waals surface area contributed by atoms with Crippen molar-refractivity contribution in [1.82, 2.24) is 5.32 Å². The first-order chi connectivity index (χ1) is 6.33. The Labute approximate surface area is 79.9 Å². The predicted octanol–water partition coefficient (Wildman–Crippen LogP) is 1.98. The molecule has 0 fully saturated rings. The number of hydrogen-bond acceptors (Lipinski definition) is 2. The van der Waals surface area contributed by atoms with E-state index in [4.69, 9.17) is 4.74 Å². The van der Waals surface area contributed by atoms with E-state index < -0.39 is 0 Å². The number of aryl methyl sites for hydroxylation is 1. The summed E-state index contributed by atoms with van der Waals surface area (Å²) in [5.41, 5.74) is 2.50. The Balaban J connectivity index is 3.03. The number of rotatable bonds is 4. The van der Waals surface area contributed by atoms with Crippen LogP contribution in [0.3, 0.4) is 0 Å². The van der Waals surface area contributed by atoms with E-state index in [9.17, 15) is 0 Å². The van der Waals surface area contributed by atoms with Gasteiger partial charge in [-0.25, -0.2) is 0 Å². The van der Waals surface area contributed by atoms with Gasteiger partial charge < -0.3 is 10.1 Å². The molecule has 0 aliphatic carbocycles. The molecule has 0 amide bonds. The molecule has 1 aromatic carbocycles. The summed E-state index contributed by atoms with van der Waals surface area (Å²) < 4.78 is 5.38. The highest BCUT2D eigenvalue weighted by Gasteiger charge is 2.05. The summed E-state index contributed by atoms with van der Waals surface area (Å²) in [5.74, 6) is 1.03. The molecule has 2 nitrogen and oxygen atoms in total. The summed E-state index contributed by atoms with van der Waals surface area (Å²) >= 11 is 0. The van der Waals surface area contributed by atoms with Gasteiger partial charge in [-0.2, -0.15) is 0 Å². The van der Waals surface area contributed by atoms with E-state index in [2.05, 4.69) is 30.4 Å². The fraction of sp³-hybridized carbons (Fsp3) is 0.455. The molecular formula is C11H17NO. The lowest BCUT2D eigenvalue weighted by Crippen LogP contribution is -2.07. The Kier molecular flexibility index (Phi) is 3.77. The third kappa shape index (κ3) is 2.22. The minimum absolute atomic E-state index is 0.858. The molecule has 0 heterocycles. The van der Waals surface area contributed by atoms with Crippen LogP contribution in [0.2, 0.25) is 0 Å². The molecule has 0 atom stereocenters. The Morgan fingerprint density at radius 3 is 2.54 bits per heavy atom. The number of hydrogen-bond donors (Lipinski definition) is 1. The van der Waals surface area contributed by atoms with E-state index in [0.29, 0.717) is 0 Å². The monoisotopic (exact) mass is 179 g/mol. The van der Waals surface area contributed by atoms with Gasteiger partial charge in [0.05, 0.1) is 7.11 Å². The number of ether oxygens (including phenoxy) is 1. The molecule has 1 aromatic rings. The summed E-state index contributed by atoms with van der Waals surface area (Å²) in [6.07, 6.45) is 1.01. The van der Waals surface area contributed by atoms with E-state index >= 15 is 0 Å². The van der Waals surface area contributed by atoms with Gasteiger partial charge in [0.2, 0.25) is 0 Å². The van der Waals surface area contributed by atoms with Crippen molar-refractivity contribution < 1.29 is 4.74 Å². The van der Waals surface area contributed by atoms with Gasteiger partial charge in [0, 0.05) is 12.1 Å². The van der Waals surface area contributed by atoms with Crippen LogP contribution in [-0.4, -0.2) is 14.2 Å². The summed E-state index contributed by atoms with van der Waals surface area (Å²) in [6, 6.07) is 6.28. The number of benzene rings is 1. The van der Waals surface area contributed by atoms with Gasteiger partial charge in [0.1, 0.15) is 5.75 Å². The van der Waals surface area contributed by atoms with E-state index in [0.717, 1.165) is 18.7 Å². The minimum Gasteiger partial charge on any atom is -0.496 e. The lowest BCUT2D eigenvalue weighted by atomic mass is 10.1. The van der Waals surface area contributed by atoms with Crippen LogP contribution in [0.5, 0.6) is 5.75 Å². The Bertz CT molecular complexity index is 271. The van der Waals surface area contributed by atoms with Gasteiger partial charge >= 0.3 is 0 Å². The molecule has 0 saturated carbocycles. The quantitative estimate of drug-likeness (QED) is 0.763. The molecular weight excluding hydrogens is 162 g/mol. The number of methoxy groups -OCH3 is 1. The van der Waals surface area contributed by atoms with E-state index in [1.807, 2.05) is 7.05 Å². The first-order valence-corrected chi connectivity index (χ1v) is 4.62. The van der Waals surface area contributed by atoms with E-state index in [-0.39, 0.29) is 0 Å². The second-order valence-corrected chi connectivity index (χ2v) is 2.99. The summed E-state index contributed by atoms with van der Waals surface area (Å²) in [4.78, 5) is 0. The Morgan fingerprint density at radius 1 is 1.31 bits per heavy atom. The first kappa shape index (κ1) is 10.1. The largest absolute Gasteiger partial charge is 0.496 e. The van der Waals surface area contributed by atoms with Crippen LogP contribution in [0.15, 0.2) is 18.2 Å². The molecule has 1 N–H and O–H groups in total. The van der Waals surface area contributed by atoms with Crippen LogP contribution in [0.1, 0.15) is 18.1 Å². The van der Waals surface area contributed by atoms with Crippen LogP contribution in [0, 0.1) is 0 Å². The van der Waals surface area contributed by atoms with Gasteiger partial charge in [-0.15, -0.1) is 0 Å². The SMILES string of the molecule is CCc1cccc(CNC)c1OC. The molecule has 72 valence electrons. The number of para-hydroxylation sites is 1. The van der Waals surface area contributed by atoms with Crippen LogP contribution < -0.4 is 10.1 Å². The van der Waals surface area contributed by atoms with Gasteiger partial charge in [0.25, 0.3) is 0 Å². The third-order valence-corrected chi connectivity index (χ3v) is 2.13. The van der Waals surface area contributed by atoms with Crippen molar-refractivity contribution >= 4 is 0 Å². The normalized spacial score (nSPS) is 10.1. The van der Waals surface area contributed by atoms with Crippen molar-refractivity contribution in [1.29, 1.82) is 0 Å². The summed E-state index contributed by atoms with van der Waals surface area (Å²) in [7, 11) is 3.67. The maximum atomic E-state index is 5.38. The van der Waals surface area contributed by atoms with Crippen LogP contribution in [-0.2, 0) is 13.0 Å². The molecule has 0 aliphatic rings. The second kappa shape index (κ2) is 4.87. The molecule has 0 aromatic heterocycles. The first-order valence-electron chi connectivity index (χ1n) is 4.62. The van der Waals surface area contributed by atoms with Crippen molar-refractivity contribution in [3.8, 4) is 5.75 Å². The predicted molar refractivity (Wildman–Crippen MR) is 55.1 cm³/mol. The molecule has 0 aliphatic heterocycles. The molecule has 1 rings (SSSR count). The second-order valence-electron chi connectivity index (χ2n) is 2.99. The van der Waals surface area contributed by atoms with Crippen LogP contribution in [0.25, 0.3) is 0 Å². The molecule has 0 bridgehead atoms. The lowest BCUT2D eigenvalue weighted by molar-refractivity contribution is 0.404. The van der Waals surface area contributed by atoms with Crippen molar-refractivity contribution in [2.45, 2.75) is 19.9 Å². The van der Waals surface area contributed by atoms with E-state index in [1.165, 1.54) is 11.1 Å². The fourth-order valence-corrected chi connectivity index (χ4v) is 1.51. The topological polar surface area (TPSA) is 21.3 Å². The van der Waals surface area contributed by atoms with Gasteiger partial charge in [-0.1, -0.05) is 25.1 Å². The van der Waals surface area contributed by atoms with Crippen molar-refractivity contribution in [2.24, 2.45) is 0 Å². The Hall–Kier alpha value is -1.02. The Morgan fingerprint density at radius 2 is 2.00 bits per heavy atom. The van der Waals surface area contributed by atoms with Crippen LogP contribution in [0.4, 0.5) is 0 Å². The standard InChI is InChI=1S/C11H17NO/c1-4-9-6-5-7-10(8-12-2)11(9)13-3/h5-7,12H,4,8H2,1-3H3. The highest BCUT2D eigenvalue weighted by atomic mass is 16.5. The molecule has 13 heavy (non-hydrogen) atoms. The zero-order valence-electron chi connectivity index (χ0n) is 8.55. The molecule has 0 unspecified atom stereocenters. The van der Waals surface area contributed by atoms with Gasteiger partial charge in [0.15, 0.2) is 0 Å². The highest BCUT2D eigenvalue weighted by molar-refractivity contribution is 5.41. The minimum atomic E-state index is 0.858. The molecule has 2 heteroatoms. The maximum absolute atomic E-state index is 5.38. The molecule has 0 saturated heterocycles. The molecule has 0 radical (unpaired) electrons. The maximum Gasteiger partial charge on any atom is 0.126 e.